The first-order valence-electron chi connectivity index (χ1n) is 6.38. The highest BCUT2D eigenvalue weighted by molar-refractivity contribution is 6.30. The van der Waals surface area contributed by atoms with Gasteiger partial charge < -0.3 is 5.11 Å². The molecule has 1 aliphatic heterocycles. The SMILES string of the molecule is CC1CC(C(=O)O)CCN1Cc1ccc(Cl)c(F)c1. The maximum atomic E-state index is 13.4. The second kappa shape index (κ2) is 5.88. The van der Waals surface area contributed by atoms with Crippen LogP contribution in [0.3, 0.4) is 0 Å². The van der Waals surface area contributed by atoms with Crippen molar-refractivity contribution in [2.45, 2.75) is 32.4 Å². The van der Waals surface area contributed by atoms with Gasteiger partial charge in [-0.25, -0.2) is 4.39 Å². The van der Waals surface area contributed by atoms with E-state index in [1.807, 2.05) is 6.92 Å². The van der Waals surface area contributed by atoms with Gasteiger partial charge in [-0.1, -0.05) is 17.7 Å². The van der Waals surface area contributed by atoms with Crippen molar-refractivity contribution < 1.29 is 14.3 Å². The Morgan fingerprint density at radius 2 is 2.32 bits per heavy atom. The number of halogens is 2. The van der Waals surface area contributed by atoms with Gasteiger partial charge in [-0.3, -0.25) is 9.69 Å². The van der Waals surface area contributed by atoms with Gasteiger partial charge in [0.1, 0.15) is 5.82 Å². The predicted octanol–water partition coefficient (Wildman–Crippen LogP) is 3.16. The van der Waals surface area contributed by atoms with Gasteiger partial charge in [0.25, 0.3) is 0 Å². The summed E-state index contributed by atoms with van der Waals surface area (Å²) >= 11 is 5.65. The monoisotopic (exact) mass is 285 g/mol. The molecular weight excluding hydrogens is 269 g/mol. The molecule has 1 aromatic carbocycles. The van der Waals surface area contributed by atoms with Crippen LogP contribution < -0.4 is 0 Å². The molecule has 0 spiro atoms. The minimum absolute atomic E-state index is 0.126. The van der Waals surface area contributed by atoms with E-state index in [0.717, 1.165) is 12.1 Å². The maximum Gasteiger partial charge on any atom is 0.306 e. The molecule has 0 amide bonds. The molecule has 1 aromatic rings. The van der Waals surface area contributed by atoms with E-state index in [1.165, 1.54) is 6.07 Å². The summed E-state index contributed by atoms with van der Waals surface area (Å²) in [6.45, 7) is 3.37. The summed E-state index contributed by atoms with van der Waals surface area (Å²) in [7, 11) is 0. The normalized spacial score (nSPS) is 24.4. The largest absolute Gasteiger partial charge is 0.481 e. The molecule has 2 atom stereocenters. The lowest BCUT2D eigenvalue weighted by molar-refractivity contribution is -0.144. The molecule has 0 radical (unpaired) electrons. The molecule has 0 bridgehead atoms. The first-order valence-corrected chi connectivity index (χ1v) is 6.76. The van der Waals surface area contributed by atoms with Crippen LogP contribution >= 0.6 is 11.6 Å². The molecule has 104 valence electrons. The number of benzene rings is 1. The van der Waals surface area contributed by atoms with Crippen molar-refractivity contribution in [1.82, 2.24) is 4.90 Å². The van der Waals surface area contributed by atoms with Crippen molar-refractivity contribution in [3.05, 3.63) is 34.6 Å². The van der Waals surface area contributed by atoms with Crippen LogP contribution in [0.25, 0.3) is 0 Å². The van der Waals surface area contributed by atoms with Gasteiger partial charge in [0.15, 0.2) is 0 Å². The number of carboxylic acid groups (broad SMARTS) is 1. The van der Waals surface area contributed by atoms with E-state index in [1.54, 1.807) is 12.1 Å². The quantitative estimate of drug-likeness (QED) is 0.927. The van der Waals surface area contributed by atoms with E-state index < -0.39 is 11.8 Å². The molecule has 19 heavy (non-hydrogen) atoms. The number of aliphatic carboxylic acids is 1. The predicted molar refractivity (Wildman–Crippen MR) is 71.6 cm³/mol. The number of hydrogen-bond acceptors (Lipinski definition) is 2. The van der Waals surface area contributed by atoms with Crippen LogP contribution in [0.15, 0.2) is 18.2 Å². The molecular formula is C14H17ClFNO2. The summed E-state index contributed by atoms with van der Waals surface area (Å²) in [5.74, 6) is -1.38. The number of piperidine rings is 1. The molecule has 5 heteroatoms. The first-order chi connectivity index (χ1) is 8.97. The molecule has 2 unspecified atom stereocenters. The number of likely N-dealkylation sites (tertiary alicyclic amines) is 1. The van der Waals surface area contributed by atoms with Crippen molar-refractivity contribution in [3.8, 4) is 0 Å². The van der Waals surface area contributed by atoms with Crippen molar-refractivity contribution >= 4 is 17.6 Å². The lowest BCUT2D eigenvalue weighted by atomic mass is 9.91. The van der Waals surface area contributed by atoms with Crippen LogP contribution in [0.1, 0.15) is 25.3 Å². The van der Waals surface area contributed by atoms with E-state index in [9.17, 15) is 9.18 Å². The lowest BCUT2D eigenvalue weighted by Gasteiger charge is -2.36. The van der Waals surface area contributed by atoms with E-state index in [4.69, 9.17) is 16.7 Å². The Kier molecular flexibility index (Phi) is 4.42. The number of carbonyl (C=O) groups is 1. The summed E-state index contributed by atoms with van der Waals surface area (Å²) in [6.07, 6.45) is 1.29. The minimum Gasteiger partial charge on any atom is -0.481 e. The van der Waals surface area contributed by atoms with Crippen molar-refractivity contribution in [3.63, 3.8) is 0 Å². The zero-order valence-corrected chi connectivity index (χ0v) is 11.5. The van der Waals surface area contributed by atoms with Gasteiger partial charge in [0.2, 0.25) is 0 Å². The van der Waals surface area contributed by atoms with Gasteiger partial charge in [-0.05, 0) is 44.0 Å². The molecule has 1 fully saturated rings. The average Bonchev–Trinajstić information content (AvgIpc) is 2.36. The smallest absolute Gasteiger partial charge is 0.306 e. The number of rotatable bonds is 3. The third-order valence-corrected chi connectivity index (χ3v) is 4.04. The third kappa shape index (κ3) is 3.45. The third-order valence-electron chi connectivity index (χ3n) is 3.73. The van der Waals surface area contributed by atoms with Crippen LogP contribution in [-0.2, 0) is 11.3 Å². The molecule has 2 rings (SSSR count). The Bertz CT molecular complexity index is 481. The van der Waals surface area contributed by atoms with E-state index in [2.05, 4.69) is 4.90 Å². The topological polar surface area (TPSA) is 40.5 Å². The average molecular weight is 286 g/mol. The second-order valence-electron chi connectivity index (χ2n) is 5.13. The first kappa shape index (κ1) is 14.3. The van der Waals surface area contributed by atoms with Gasteiger partial charge in [0, 0.05) is 12.6 Å². The van der Waals surface area contributed by atoms with Crippen molar-refractivity contribution in [1.29, 1.82) is 0 Å². The Morgan fingerprint density at radius 3 is 2.89 bits per heavy atom. The molecule has 1 aliphatic rings. The van der Waals surface area contributed by atoms with Crippen LogP contribution in [0.4, 0.5) is 4.39 Å². The minimum atomic E-state index is -0.718. The zero-order valence-electron chi connectivity index (χ0n) is 10.8. The Hall–Kier alpha value is -1.13. The fourth-order valence-electron chi connectivity index (χ4n) is 2.55. The van der Waals surface area contributed by atoms with Gasteiger partial charge >= 0.3 is 5.97 Å². The van der Waals surface area contributed by atoms with Gasteiger partial charge in [-0.2, -0.15) is 0 Å². The Morgan fingerprint density at radius 1 is 1.58 bits per heavy atom. The summed E-state index contributed by atoms with van der Waals surface area (Å²) in [5.41, 5.74) is 0.863. The summed E-state index contributed by atoms with van der Waals surface area (Å²) in [4.78, 5) is 13.1. The van der Waals surface area contributed by atoms with E-state index in [-0.39, 0.29) is 17.0 Å². The van der Waals surface area contributed by atoms with Crippen LogP contribution in [0, 0.1) is 11.7 Å². The zero-order chi connectivity index (χ0) is 14.0. The van der Waals surface area contributed by atoms with Crippen molar-refractivity contribution in [2.75, 3.05) is 6.54 Å². The fourth-order valence-corrected chi connectivity index (χ4v) is 2.67. The molecule has 1 heterocycles. The molecule has 1 saturated heterocycles. The molecule has 0 aromatic heterocycles. The highest BCUT2D eigenvalue weighted by atomic mass is 35.5. The molecule has 0 saturated carbocycles. The van der Waals surface area contributed by atoms with Gasteiger partial charge in [-0.15, -0.1) is 0 Å². The van der Waals surface area contributed by atoms with Crippen LogP contribution in [-0.4, -0.2) is 28.6 Å². The summed E-state index contributed by atoms with van der Waals surface area (Å²) in [5, 5.41) is 9.14. The lowest BCUT2D eigenvalue weighted by Crippen LogP contribution is -2.42. The molecule has 1 N–H and O–H groups in total. The number of hydrogen-bond donors (Lipinski definition) is 1. The summed E-state index contributed by atoms with van der Waals surface area (Å²) < 4.78 is 13.4. The maximum absolute atomic E-state index is 13.4. The molecule has 0 aliphatic carbocycles. The van der Waals surface area contributed by atoms with Gasteiger partial charge in [0.05, 0.1) is 10.9 Å². The fraction of sp³-hybridized carbons (Fsp3) is 0.500. The summed E-state index contributed by atoms with van der Waals surface area (Å²) in [6, 6.07) is 4.99. The van der Waals surface area contributed by atoms with Crippen LogP contribution in [0.2, 0.25) is 5.02 Å². The highest BCUT2D eigenvalue weighted by Gasteiger charge is 2.29. The standard InChI is InChI=1S/C14H17ClFNO2/c1-9-6-11(14(18)19)4-5-17(9)8-10-2-3-12(15)13(16)7-10/h2-3,7,9,11H,4-6,8H2,1H3,(H,18,19). The van der Waals surface area contributed by atoms with E-state index >= 15 is 0 Å². The molecule has 3 nitrogen and oxygen atoms in total. The second-order valence-corrected chi connectivity index (χ2v) is 5.53. The number of nitrogens with zero attached hydrogens (tertiary/aromatic N) is 1. The van der Waals surface area contributed by atoms with Crippen molar-refractivity contribution in [2.24, 2.45) is 5.92 Å². The Balaban J connectivity index is 2.00. The van der Waals surface area contributed by atoms with Crippen LogP contribution in [0.5, 0.6) is 0 Å². The highest BCUT2D eigenvalue weighted by Crippen LogP contribution is 2.25. The Labute approximate surface area is 117 Å². The number of carboxylic acids is 1. The van der Waals surface area contributed by atoms with E-state index in [0.29, 0.717) is 19.4 Å².